The Morgan fingerprint density at radius 1 is 1.64 bits per heavy atom. The third kappa shape index (κ3) is 1.51. The number of rotatable bonds is 4. The Bertz CT molecular complexity index is 186. The molecule has 3 nitrogen and oxygen atoms in total. The molecule has 0 spiro atoms. The molecule has 1 aliphatic heterocycles. The van der Waals surface area contributed by atoms with Crippen LogP contribution < -0.4 is 0 Å². The molecule has 1 aliphatic rings. The van der Waals surface area contributed by atoms with Crippen molar-refractivity contribution >= 4 is 7.37 Å². The van der Waals surface area contributed by atoms with E-state index in [-0.39, 0.29) is 0 Å². The Balaban J connectivity index is 2.67. The molecule has 0 amide bonds. The summed E-state index contributed by atoms with van der Waals surface area (Å²) in [5.74, 6) is 0. The Kier molecular flexibility index (Phi) is 2.43. The average molecular weight is 178 g/mol. The normalized spacial score (nSPS) is 34.8. The van der Waals surface area contributed by atoms with Crippen LogP contribution >= 0.6 is 7.37 Å². The molecule has 0 aromatic carbocycles. The molecule has 0 saturated carbocycles. The first kappa shape index (κ1) is 9.24. The van der Waals surface area contributed by atoms with Crippen LogP contribution in [0, 0.1) is 0 Å². The monoisotopic (exact) mass is 178 g/mol. The molecule has 0 aromatic heterocycles. The summed E-state index contributed by atoms with van der Waals surface area (Å²) in [7, 11) is -2.50. The van der Waals surface area contributed by atoms with Crippen LogP contribution in [0.25, 0.3) is 0 Å². The SMILES string of the molecule is CCOP(=O)(CC)C1(C)CO1. The third-order valence-electron chi connectivity index (χ3n) is 2.04. The van der Waals surface area contributed by atoms with Gasteiger partial charge in [-0.25, -0.2) is 0 Å². The van der Waals surface area contributed by atoms with Crippen LogP contribution in [0.5, 0.6) is 0 Å². The van der Waals surface area contributed by atoms with Gasteiger partial charge in [0, 0.05) is 6.16 Å². The smallest absolute Gasteiger partial charge is 0.235 e. The molecule has 66 valence electrons. The van der Waals surface area contributed by atoms with Crippen molar-refractivity contribution in [1.29, 1.82) is 0 Å². The maximum atomic E-state index is 11.9. The fraction of sp³-hybridized carbons (Fsp3) is 1.00. The molecule has 2 unspecified atom stereocenters. The zero-order valence-electron chi connectivity index (χ0n) is 7.29. The van der Waals surface area contributed by atoms with Gasteiger partial charge in [0.25, 0.3) is 0 Å². The standard InChI is InChI=1S/C7H15O3P/c1-4-10-11(8,5-2)7(3)6-9-7/h4-6H2,1-3H3. The van der Waals surface area contributed by atoms with Crippen molar-refractivity contribution in [3.8, 4) is 0 Å². The summed E-state index contributed by atoms with van der Waals surface area (Å²) in [5, 5.41) is -0.461. The molecule has 0 bridgehead atoms. The van der Waals surface area contributed by atoms with Crippen LogP contribution in [0.1, 0.15) is 20.8 Å². The summed E-state index contributed by atoms with van der Waals surface area (Å²) >= 11 is 0. The quantitative estimate of drug-likeness (QED) is 0.488. The molecule has 2 atom stereocenters. The highest BCUT2D eigenvalue weighted by molar-refractivity contribution is 7.60. The van der Waals surface area contributed by atoms with Crippen molar-refractivity contribution in [3.05, 3.63) is 0 Å². The van der Waals surface area contributed by atoms with Crippen molar-refractivity contribution < 1.29 is 13.8 Å². The van der Waals surface area contributed by atoms with Crippen LogP contribution in [0.3, 0.4) is 0 Å². The van der Waals surface area contributed by atoms with Gasteiger partial charge in [-0.1, -0.05) is 6.92 Å². The second kappa shape index (κ2) is 2.89. The lowest BCUT2D eigenvalue weighted by Gasteiger charge is -2.19. The van der Waals surface area contributed by atoms with Gasteiger partial charge in [0.1, 0.15) is 0 Å². The molecule has 0 N–H and O–H groups in total. The van der Waals surface area contributed by atoms with Crippen LogP contribution in [-0.4, -0.2) is 24.7 Å². The predicted octanol–water partition coefficient (Wildman–Crippen LogP) is 2.07. The maximum Gasteiger partial charge on any atom is 0.235 e. The minimum atomic E-state index is -2.50. The van der Waals surface area contributed by atoms with Gasteiger partial charge in [-0.05, 0) is 13.8 Å². The molecule has 11 heavy (non-hydrogen) atoms. The van der Waals surface area contributed by atoms with Crippen molar-refractivity contribution in [2.24, 2.45) is 0 Å². The maximum absolute atomic E-state index is 11.9. The lowest BCUT2D eigenvalue weighted by molar-refractivity contribution is 0.292. The van der Waals surface area contributed by atoms with E-state index in [0.717, 1.165) is 0 Å². The molecule has 0 aromatic rings. The van der Waals surface area contributed by atoms with E-state index in [1.54, 1.807) is 0 Å². The number of hydrogen-bond acceptors (Lipinski definition) is 3. The fourth-order valence-electron chi connectivity index (χ4n) is 1.07. The number of hydrogen-bond donors (Lipinski definition) is 0. The topological polar surface area (TPSA) is 38.8 Å². The largest absolute Gasteiger partial charge is 0.359 e. The predicted molar refractivity (Wildman–Crippen MR) is 44.1 cm³/mol. The zero-order valence-corrected chi connectivity index (χ0v) is 8.19. The Hall–Kier alpha value is 0.150. The Labute approximate surface area is 67.5 Å². The second-order valence-electron chi connectivity index (χ2n) is 2.87. The van der Waals surface area contributed by atoms with E-state index in [0.29, 0.717) is 19.4 Å². The third-order valence-corrected chi connectivity index (χ3v) is 5.24. The molecule has 0 radical (unpaired) electrons. The van der Waals surface area contributed by atoms with Gasteiger partial charge in [0.15, 0.2) is 5.34 Å². The van der Waals surface area contributed by atoms with E-state index in [2.05, 4.69) is 0 Å². The van der Waals surface area contributed by atoms with E-state index in [1.807, 2.05) is 20.8 Å². The number of epoxide rings is 1. The lowest BCUT2D eigenvalue weighted by Crippen LogP contribution is -2.10. The summed E-state index contributed by atoms with van der Waals surface area (Å²) < 4.78 is 22.3. The lowest BCUT2D eigenvalue weighted by atomic mass is 10.6. The summed E-state index contributed by atoms with van der Waals surface area (Å²) in [6.07, 6.45) is 0.567. The highest BCUT2D eigenvalue weighted by atomic mass is 31.2. The minimum absolute atomic E-state index is 0.461. The zero-order chi connectivity index (χ0) is 8.54. The van der Waals surface area contributed by atoms with Crippen LogP contribution in [-0.2, 0) is 13.8 Å². The van der Waals surface area contributed by atoms with Crippen molar-refractivity contribution in [2.75, 3.05) is 19.4 Å². The summed E-state index contributed by atoms with van der Waals surface area (Å²) in [6.45, 7) is 6.67. The van der Waals surface area contributed by atoms with Gasteiger partial charge in [0.05, 0.1) is 13.2 Å². The fourth-order valence-corrected chi connectivity index (χ4v) is 3.07. The van der Waals surface area contributed by atoms with Crippen LogP contribution in [0.2, 0.25) is 0 Å². The molecule has 1 rings (SSSR count). The van der Waals surface area contributed by atoms with E-state index in [4.69, 9.17) is 9.26 Å². The highest BCUT2D eigenvalue weighted by Gasteiger charge is 2.55. The minimum Gasteiger partial charge on any atom is -0.359 e. The second-order valence-corrected chi connectivity index (χ2v) is 6.05. The van der Waals surface area contributed by atoms with Crippen molar-refractivity contribution in [1.82, 2.24) is 0 Å². The first-order valence-electron chi connectivity index (χ1n) is 3.95. The van der Waals surface area contributed by atoms with Crippen molar-refractivity contribution in [3.63, 3.8) is 0 Å². The molecular formula is C7H15O3P. The highest BCUT2D eigenvalue weighted by Crippen LogP contribution is 2.65. The first-order valence-corrected chi connectivity index (χ1v) is 5.76. The van der Waals surface area contributed by atoms with E-state index < -0.39 is 12.7 Å². The van der Waals surface area contributed by atoms with Gasteiger partial charge in [0.2, 0.25) is 7.37 Å². The van der Waals surface area contributed by atoms with Gasteiger partial charge in [-0.15, -0.1) is 0 Å². The van der Waals surface area contributed by atoms with Gasteiger partial charge >= 0.3 is 0 Å². The Morgan fingerprint density at radius 2 is 2.18 bits per heavy atom. The average Bonchev–Trinajstić information content (AvgIpc) is 2.70. The van der Waals surface area contributed by atoms with Crippen molar-refractivity contribution in [2.45, 2.75) is 26.1 Å². The molecule has 1 saturated heterocycles. The van der Waals surface area contributed by atoms with E-state index in [9.17, 15) is 4.57 Å². The van der Waals surface area contributed by atoms with Crippen LogP contribution in [0.15, 0.2) is 0 Å². The van der Waals surface area contributed by atoms with Gasteiger partial charge < -0.3 is 9.26 Å². The molecule has 4 heteroatoms. The van der Waals surface area contributed by atoms with Gasteiger partial charge in [-0.3, -0.25) is 4.57 Å². The van der Waals surface area contributed by atoms with Gasteiger partial charge in [-0.2, -0.15) is 0 Å². The van der Waals surface area contributed by atoms with Crippen LogP contribution in [0.4, 0.5) is 0 Å². The summed E-state index contributed by atoms with van der Waals surface area (Å²) in [4.78, 5) is 0. The summed E-state index contributed by atoms with van der Waals surface area (Å²) in [6, 6.07) is 0. The first-order chi connectivity index (χ1) is 5.08. The Morgan fingerprint density at radius 3 is 2.45 bits per heavy atom. The molecule has 1 fully saturated rings. The summed E-state index contributed by atoms with van der Waals surface area (Å²) in [5.41, 5.74) is 0. The van der Waals surface area contributed by atoms with E-state index >= 15 is 0 Å². The number of ether oxygens (including phenoxy) is 1. The molecule has 0 aliphatic carbocycles. The molecule has 1 heterocycles. The van der Waals surface area contributed by atoms with E-state index in [1.165, 1.54) is 0 Å². The molecular weight excluding hydrogens is 163 g/mol.